The van der Waals surface area contributed by atoms with Crippen LogP contribution >= 0.6 is 0 Å². The van der Waals surface area contributed by atoms with Crippen LogP contribution in [0.1, 0.15) is 34.1 Å². The molecule has 0 radical (unpaired) electrons. The highest BCUT2D eigenvalue weighted by atomic mass is 16.5. The van der Waals surface area contributed by atoms with Crippen LogP contribution in [0, 0.1) is 0 Å². The van der Waals surface area contributed by atoms with Gasteiger partial charge >= 0.3 is 0 Å². The van der Waals surface area contributed by atoms with Crippen molar-refractivity contribution in [2.75, 3.05) is 19.0 Å². The smallest absolute Gasteiger partial charge is 0.242 e. The van der Waals surface area contributed by atoms with E-state index in [0.29, 0.717) is 12.4 Å². The van der Waals surface area contributed by atoms with Crippen LogP contribution in [-0.2, 0) is 16.1 Å². The first-order chi connectivity index (χ1) is 9.31. The summed E-state index contributed by atoms with van der Waals surface area (Å²) in [6, 6.07) is 1.55. The van der Waals surface area contributed by atoms with E-state index in [4.69, 9.17) is 4.74 Å². The van der Waals surface area contributed by atoms with Gasteiger partial charge in [0.25, 0.3) is 0 Å². The molecule has 0 aromatic carbocycles. The normalized spacial score (nSPS) is 13.1. The first kappa shape index (κ1) is 16.5. The molecule has 0 aliphatic heterocycles. The molecule has 1 aromatic heterocycles. The Morgan fingerprint density at radius 3 is 2.80 bits per heavy atom. The van der Waals surface area contributed by atoms with Crippen molar-refractivity contribution < 1.29 is 9.53 Å². The fourth-order valence-corrected chi connectivity index (χ4v) is 1.70. The molecular formula is C14H26N4O2. The van der Waals surface area contributed by atoms with Gasteiger partial charge in [-0.25, -0.2) is 0 Å². The minimum Gasteiger partial charge on any atom is -0.385 e. The second-order valence-corrected chi connectivity index (χ2v) is 5.92. The van der Waals surface area contributed by atoms with Crippen molar-refractivity contribution in [1.82, 2.24) is 15.1 Å². The SMILES string of the molecule is COCCCn1ccc(N[C@H](C)C(=O)NC(C)(C)C)n1. The quantitative estimate of drug-likeness (QED) is 0.746. The van der Waals surface area contributed by atoms with Crippen LogP contribution in [0.2, 0.25) is 0 Å². The fourth-order valence-electron chi connectivity index (χ4n) is 1.70. The first-order valence-corrected chi connectivity index (χ1v) is 6.93. The molecule has 1 aromatic rings. The predicted molar refractivity (Wildman–Crippen MR) is 79.7 cm³/mol. The lowest BCUT2D eigenvalue weighted by molar-refractivity contribution is -0.122. The van der Waals surface area contributed by atoms with Crippen molar-refractivity contribution in [1.29, 1.82) is 0 Å². The Morgan fingerprint density at radius 1 is 1.50 bits per heavy atom. The molecule has 20 heavy (non-hydrogen) atoms. The molecule has 0 saturated carbocycles. The molecule has 1 atom stereocenters. The summed E-state index contributed by atoms with van der Waals surface area (Å²) in [6.07, 6.45) is 2.81. The number of carbonyl (C=O) groups excluding carboxylic acids is 1. The van der Waals surface area contributed by atoms with E-state index in [0.717, 1.165) is 13.0 Å². The van der Waals surface area contributed by atoms with Crippen LogP contribution in [0.15, 0.2) is 12.3 Å². The molecule has 0 saturated heterocycles. The Kier molecular flexibility index (Phi) is 6.01. The summed E-state index contributed by atoms with van der Waals surface area (Å²) >= 11 is 0. The van der Waals surface area contributed by atoms with Gasteiger partial charge in [-0.05, 0) is 34.1 Å². The maximum atomic E-state index is 12.0. The number of anilines is 1. The highest BCUT2D eigenvalue weighted by molar-refractivity contribution is 5.84. The van der Waals surface area contributed by atoms with Crippen LogP contribution in [0.5, 0.6) is 0 Å². The molecule has 114 valence electrons. The van der Waals surface area contributed by atoms with Crippen molar-refractivity contribution in [3.8, 4) is 0 Å². The molecule has 0 fully saturated rings. The Morgan fingerprint density at radius 2 is 2.20 bits per heavy atom. The summed E-state index contributed by atoms with van der Waals surface area (Å²) in [5.74, 6) is 0.672. The fraction of sp³-hybridized carbons (Fsp3) is 0.714. The third kappa shape index (κ3) is 6.06. The monoisotopic (exact) mass is 282 g/mol. The van der Waals surface area contributed by atoms with Gasteiger partial charge < -0.3 is 15.4 Å². The molecular weight excluding hydrogens is 256 g/mol. The largest absolute Gasteiger partial charge is 0.385 e. The van der Waals surface area contributed by atoms with Crippen molar-refractivity contribution in [2.24, 2.45) is 0 Å². The van der Waals surface area contributed by atoms with Crippen LogP contribution in [0.25, 0.3) is 0 Å². The number of hydrogen-bond donors (Lipinski definition) is 2. The number of nitrogens with one attached hydrogen (secondary N) is 2. The van der Waals surface area contributed by atoms with Gasteiger partial charge in [-0.1, -0.05) is 0 Å². The summed E-state index contributed by atoms with van der Waals surface area (Å²) < 4.78 is 6.85. The van der Waals surface area contributed by atoms with Gasteiger partial charge in [0.15, 0.2) is 0 Å². The summed E-state index contributed by atoms with van der Waals surface area (Å²) in [6.45, 7) is 9.22. The summed E-state index contributed by atoms with van der Waals surface area (Å²) in [5, 5.41) is 10.4. The molecule has 2 N–H and O–H groups in total. The maximum Gasteiger partial charge on any atom is 0.242 e. The second kappa shape index (κ2) is 7.28. The van der Waals surface area contributed by atoms with Crippen LogP contribution < -0.4 is 10.6 Å². The maximum absolute atomic E-state index is 12.0. The number of nitrogens with zero attached hydrogens (tertiary/aromatic N) is 2. The van der Waals surface area contributed by atoms with E-state index in [2.05, 4.69) is 15.7 Å². The van der Waals surface area contributed by atoms with Gasteiger partial charge in [-0.3, -0.25) is 9.48 Å². The number of carbonyl (C=O) groups is 1. The molecule has 0 aliphatic carbocycles. The molecule has 6 nitrogen and oxygen atoms in total. The third-order valence-electron chi connectivity index (χ3n) is 2.63. The van der Waals surface area contributed by atoms with Crippen molar-refractivity contribution in [3.05, 3.63) is 12.3 Å². The molecule has 0 aliphatic rings. The molecule has 6 heteroatoms. The number of rotatable bonds is 7. The van der Waals surface area contributed by atoms with Gasteiger partial charge in [-0.2, -0.15) is 5.10 Å². The number of ether oxygens (including phenoxy) is 1. The van der Waals surface area contributed by atoms with Crippen LogP contribution in [-0.4, -0.2) is 41.0 Å². The standard InChI is InChI=1S/C14H26N4O2/c1-11(13(19)16-14(2,3)4)15-12-7-9-18(17-12)8-6-10-20-5/h7,9,11H,6,8,10H2,1-5H3,(H,15,17)(H,16,19)/t11-/m1/s1. The average Bonchev–Trinajstić information content (AvgIpc) is 2.75. The average molecular weight is 282 g/mol. The van der Waals surface area contributed by atoms with Crippen LogP contribution in [0.3, 0.4) is 0 Å². The lowest BCUT2D eigenvalue weighted by Gasteiger charge is -2.23. The zero-order valence-electron chi connectivity index (χ0n) is 13.1. The van der Waals surface area contributed by atoms with E-state index in [-0.39, 0.29) is 17.5 Å². The van der Waals surface area contributed by atoms with E-state index < -0.39 is 0 Å². The summed E-state index contributed by atoms with van der Waals surface area (Å²) in [4.78, 5) is 12.0. The molecule has 0 spiro atoms. The lowest BCUT2D eigenvalue weighted by atomic mass is 10.1. The van der Waals surface area contributed by atoms with Gasteiger partial charge in [0.1, 0.15) is 11.9 Å². The zero-order chi connectivity index (χ0) is 15.2. The molecule has 0 unspecified atom stereocenters. The van der Waals surface area contributed by atoms with E-state index in [1.807, 2.05) is 44.6 Å². The number of aromatic nitrogens is 2. The van der Waals surface area contributed by atoms with Crippen molar-refractivity contribution >= 4 is 11.7 Å². The molecule has 1 heterocycles. The topological polar surface area (TPSA) is 68.2 Å². The molecule has 1 amide bonds. The van der Waals surface area contributed by atoms with Crippen molar-refractivity contribution in [2.45, 2.75) is 52.2 Å². The summed E-state index contributed by atoms with van der Waals surface area (Å²) in [5.41, 5.74) is -0.230. The van der Waals surface area contributed by atoms with Gasteiger partial charge in [0.05, 0.1) is 0 Å². The molecule has 0 bridgehead atoms. The minimum absolute atomic E-state index is 0.0357. The highest BCUT2D eigenvalue weighted by Crippen LogP contribution is 2.07. The predicted octanol–water partition coefficient (Wildman–Crippen LogP) is 1.63. The Balaban J connectivity index is 2.45. The Hall–Kier alpha value is -1.56. The number of methoxy groups -OCH3 is 1. The second-order valence-electron chi connectivity index (χ2n) is 5.92. The van der Waals surface area contributed by atoms with Crippen LogP contribution in [0.4, 0.5) is 5.82 Å². The van der Waals surface area contributed by atoms with Gasteiger partial charge in [0.2, 0.25) is 5.91 Å². The third-order valence-corrected chi connectivity index (χ3v) is 2.63. The van der Waals surface area contributed by atoms with E-state index in [9.17, 15) is 4.79 Å². The van der Waals surface area contributed by atoms with E-state index in [1.54, 1.807) is 7.11 Å². The van der Waals surface area contributed by atoms with Crippen molar-refractivity contribution in [3.63, 3.8) is 0 Å². The first-order valence-electron chi connectivity index (χ1n) is 6.93. The minimum atomic E-state index is -0.323. The number of aryl methyl sites for hydroxylation is 1. The van der Waals surface area contributed by atoms with E-state index >= 15 is 0 Å². The van der Waals surface area contributed by atoms with Gasteiger partial charge in [-0.15, -0.1) is 0 Å². The van der Waals surface area contributed by atoms with Gasteiger partial charge in [0, 0.05) is 38.1 Å². The summed E-state index contributed by atoms with van der Waals surface area (Å²) in [7, 11) is 1.69. The Bertz CT molecular complexity index is 423. The Labute approximate surface area is 120 Å². The highest BCUT2D eigenvalue weighted by Gasteiger charge is 2.19. The molecule has 1 rings (SSSR count). The van der Waals surface area contributed by atoms with E-state index in [1.165, 1.54) is 0 Å². The number of amides is 1. The zero-order valence-corrected chi connectivity index (χ0v) is 13.1. The number of hydrogen-bond acceptors (Lipinski definition) is 4. The lowest BCUT2D eigenvalue weighted by Crippen LogP contribution is -2.47.